The van der Waals surface area contributed by atoms with Gasteiger partial charge in [-0.2, -0.15) is 0 Å². The molecule has 0 saturated heterocycles. The van der Waals surface area contributed by atoms with Crippen molar-refractivity contribution in [3.63, 3.8) is 0 Å². The Morgan fingerprint density at radius 3 is 2.70 bits per heavy atom. The van der Waals surface area contributed by atoms with Gasteiger partial charge in [0, 0.05) is 23.4 Å². The number of pyridine rings is 1. The lowest BCUT2D eigenvalue weighted by Crippen LogP contribution is -2.21. The number of alkyl halides is 1. The smallest absolute Gasteiger partial charge is 0.251 e. The third kappa shape index (κ3) is 1.68. The van der Waals surface area contributed by atoms with Crippen molar-refractivity contribution in [2.24, 2.45) is 0 Å². The molecular weight excluding hydrogens is 270 g/mol. The molecule has 102 valence electrons. The Kier molecular flexibility index (Phi) is 2.74. The number of rotatable bonds is 1. The van der Waals surface area contributed by atoms with Gasteiger partial charge in [0.05, 0.1) is 5.69 Å². The maximum Gasteiger partial charge on any atom is 0.251 e. The van der Waals surface area contributed by atoms with E-state index in [9.17, 15) is 4.79 Å². The molecule has 0 amide bonds. The summed E-state index contributed by atoms with van der Waals surface area (Å²) in [6, 6.07) is 6.33. The van der Waals surface area contributed by atoms with Gasteiger partial charge in [0.15, 0.2) is 0 Å². The Morgan fingerprint density at radius 2 is 1.90 bits per heavy atom. The summed E-state index contributed by atoms with van der Waals surface area (Å²) in [5.41, 5.74) is 8.49. The Morgan fingerprint density at radius 1 is 1.10 bits per heavy atom. The molecule has 1 N–H and O–H groups in total. The van der Waals surface area contributed by atoms with Crippen LogP contribution in [-0.2, 0) is 25.1 Å². The number of halogens is 1. The molecular formula is C17H16ClNO. The quantitative estimate of drug-likeness (QED) is 0.681. The van der Waals surface area contributed by atoms with Crippen molar-refractivity contribution in [3.05, 3.63) is 56.4 Å². The van der Waals surface area contributed by atoms with Gasteiger partial charge in [0.2, 0.25) is 0 Å². The summed E-state index contributed by atoms with van der Waals surface area (Å²) in [4.78, 5) is 15.4. The van der Waals surface area contributed by atoms with Crippen molar-refractivity contribution in [2.75, 3.05) is 0 Å². The van der Waals surface area contributed by atoms with Gasteiger partial charge >= 0.3 is 0 Å². The van der Waals surface area contributed by atoms with Crippen molar-refractivity contribution in [1.29, 1.82) is 0 Å². The number of aromatic nitrogens is 1. The summed E-state index contributed by atoms with van der Waals surface area (Å²) < 4.78 is 0. The highest BCUT2D eigenvalue weighted by atomic mass is 35.5. The molecule has 2 aliphatic carbocycles. The van der Waals surface area contributed by atoms with Crippen LogP contribution in [0.1, 0.15) is 40.7 Å². The molecule has 1 heterocycles. The first-order chi connectivity index (χ1) is 9.78. The lowest BCUT2D eigenvalue weighted by atomic mass is 9.88. The highest BCUT2D eigenvalue weighted by Crippen LogP contribution is 2.39. The Labute approximate surface area is 122 Å². The topological polar surface area (TPSA) is 32.9 Å². The van der Waals surface area contributed by atoms with Crippen LogP contribution in [0.4, 0.5) is 0 Å². The monoisotopic (exact) mass is 285 g/mol. The van der Waals surface area contributed by atoms with Gasteiger partial charge in [-0.1, -0.05) is 18.2 Å². The molecule has 3 heteroatoms. The number of fused-ring (bicyclic) bond motifs is 5. The largest absolute Gasteiger partial charge is 0.321 e. The molecule has 0 spiro atoms. The molecule has 1 aromatic carbocycles. The van der Waals surface area contributed by atoms with Gasteiger partial charge in [0.1, 0.15) is 0 Å². The summed E-state index contributed by atoms with van der Waals surface area (Å²) in [7, 11) is 0. The normalized spacial score (nSPS) is 15.7. The van der Waals surface area contributed by atoms with Crippen LogP contribution in [0, 0.1) is 0 Å². The fraction of sp³-hybridized carbons (Fsp3) is 0.353. The first kappa shape index (κ1) is 12.2. The van der Waals surface area contributed by atoms with E-state index in [0.29, 0.717) is 5.88 Å². The maximum absolute atomic E-state index is 12.3. The summed E-state index contributed by atoms with van der Waals surface area (Å²) in [5, 5.41) is 0. The highest BCUT2D eigenvalue weighted by molar-refractivity contribution is 6.17. The number of hydrogen-bond acceptors (Lipinski definition) is 1. The van der Waals surface area contributed by atoms with Crippen LogP contribution in [0.5, 0.6) is 0 Å². The number of benzene rings is 1. The SMILES string of the molecule is O=c1[nH]c2c(c3c1CCCC3)Cc1cc(CCl)ccc1-2. The van der Waals surface area contributed by atoms with Gasteiger partial charge < -0.3 is 4.98 Å². The number of H-pyrrole nitrogens is 1. The second-order valence-electron chi connectivity index (χ2n) is 5.77. The van der Waals surface area contributed by atoms with Crippen LogP contribution in [0.25, 0.3) is 11.3 Å². The molecule has 0 saturated carbocycles. The van der Waals surface area contributed by atoms with E-state index in [-0.39, 0.29) is 5.56 Å². The fourth-order valence-corrected chi connectivity index (χ4v) is 3.81. The van der Waals surface area contributed by atoms with E-state index in [1.54, 1.807) is 0 Å². The van der Waals surface area contributed by atoms with Crippen LogP contribution in [0.15, 0.2) is 23.0 Å². The van der Waals surface area contributed by atoms with Gasteiger partial charge in [-0.05, 0) is 47.9 Å². The number of aromatic amines is 1. The molecule has 0 atom stereocenters. The van der Waals surface area contributed by atoms with E-state index in [1.165, 1.54) is 28.7 Å². The van der Waals surface area contributed by atoms with E-state index in [4.69, 9.17) is 11.6 Å². The summed E-state index contributed by atoms with van der Waals surface area (Å²) in [5.74, 6) is 0.540. The number of hydrogen-bond donors (Lipinski definition) is 1. The lowest BCUT2D eigenvalue weighted by Gasteiger charge is -2.18. The maximum atomic E-state index is 12.3. The van der Waals surface area contributed by atoms with Crippen LogP contribution < -0.4 is 5.56 Å². The predicted molar refractivity (Wildman–Crippen MR) is 81.5 cm³/mol. The summed E-state index contributed by atoms with van der Waals surface area (Å²) in [6.07, 6.45) is 5.26. The fourth-order valence-electron chi connectivity index (χ4n) is 3.64. The molecule has 0 radical (unpaired) electrons. The molecule has 0 bridgehead atoms. The highest BCUT2D eigenvalue weighted by Gasteiger charge is 2.26. The van der Waals surface area contributed by atoms with E-state index < -0.39 is 0 Å². The second-order valence-corrected chi connectivity index (χ2v) is 6.04. The van der Waals surface area contributed by atoms with Crippen molar-refractivity contribution in [1.82, 2.24) is 4.98 Å². The average molecular weight is 286 g/mol. The first-order valence-corrected chi connectivity index (χ1v) is 7.76. The third-order valence-corrected chi connectivity index (χ3v) is 4.92. The molecule has 2 aliphatic rings. The molecule has 4 rings (SSSR count). The van der Waals surface area contributed by atoms with Crippen molar-refractivity contribution in [2.45, 2.75) is 38.0 Å². The van der Waals surface area contributed by atoms with Gasteiger partial charge in [-0.15, -0.1) is 11.6 Å². The van der Waals surface area contributed by atoms with Crippen molar-refractivity contribution < 1.29 is 0 Å². The van der Waals surface area contributed by atoms with Gasteiger partial charge in [0.25, 0.3) is 5.56 Å². The Hall–Kier alpha value is -1.54. The Bertz CT molecular complexity index is 760. The summed E-state index contributed by atoms with van der Waals surface area (Å²) >= 11 is 5.92. The van der Waals surface area contributed by atoms with Crippen LogP contribution in [-0.4, -0.2) is 4.98 Å². The second kappa shape index (κ2) is 4.49. The minimum atomic E-state index is 0.118. The molecule has 0 fully saturated rings. The first-order valence-electron chi connectivity index (χ1n) is 7.23. The zero-order chi connectivity index (χ0) is 13.7. The van der Waals surface area contributed by atoms with E-state index in [0.717, 1.165) is 42.5 Å². The average Bonchev–Trinajstić information content (AvgIpc) is 2.85. The van der Waals surface area contributed by atoms with E-state index in [1.807, 2.05) is 0 Å². The van der Waals surface area contributed by atoms with Crippen molar-refractivity contribution in [3.8, 4) is 11.3 Å². The minimum Gasteiger partial charge on any atom is -0.321 e. The molecule has 0 aliphatic heterocycles. The lowest BCUT2D eigenvalue weighted by molar-refractivity contribution is 0.672. The molecule has 2 aromatic rings. The molecule has 20 heavy (non-hydrogen) atoms. The van der Waals surface area contributed by atoms with E-state index in [2.05, 4.69) is 23.2 Å². The third-order valence-electron chi connectivity index (χ3n) is 4.61. The molecule has 0 unspecified atom stereocenters. The standard InChI is InChI=1S/C17H16ClNO/c18-9-10-5-6-12-11(7-10)8-15-13-3-1-2-4-14(13)17(20)19-16(12)15/h5-7H,1-4,8-9H2,(H,19,20). The van der Waals surface area contributed by atoms with Crippen LogP contribution in [0.3, 0.4) is 0 Å². The van der Waals surface area contributed by atoms with Crippen molar-refractivity contribution >= 4 is 11.6 Å². The van der Waals surface area contributed by atoms with Crippen LogP contribution in [0.2, 0.25) is 0 Å². The zero-order valence-corrected chi connectivity index (χ0v) is 12.0. The molecule has 2 nitrogen and oxygen atoms in total. The number of nitrogens with one attached hydrogen (secondary N) is 1. The Balaban J connectivity index is 1.94. The van der Waals surface area contributed by atoms with Crippen LogP contribution >= 0.6 is 11.6 Å². The molecule has 1 aromatic heterocycles. The predicted octanol–water partition coefficient (Wildman–Crippen LogP) is 3.56. The summed E-state index contributed by atoms with van der Waals surface area (Å²) in [6.45, 7) is 0. The van der Waals surface area contributed by atoms with E-state index >= 15 is 0 Å². The van der Waals surface area contributed by atoms with Gasteiger partial charge in [-0.25, -0.2) is 0 Å². The van der Waals surface area contributed by atoms with Gasteiger partial charge in [-0.3, -0.25) is 4.79 Å². The zero-order valence-electron chi connectivity index (χ0n) is 11.3. The minimum absolute atomic E-state index is 0.118.